The van der Waals surface area contributed by atoms with Crippen LogP contribution in [0.4, 0.5) is 0 Å². The molecule has 0 atom stereocenters. The summed E-state index contributed by atoms with van der Waals surface area (Å²) in [6.07, 6.45) is 0.543. The van der Waals surface area contributed by atoms with Gasteiger partial charge in [0, 0.05) is 18.7 Å². The van der Waals surface area contributed by atoms with E-state index in [9.17, 15) is 4.79 Å². The van der Waals surface area contributed by atoms with Crippen LogP contribution >= 0.6 is 0 Å². The van der Waals surface area contributed by atoms with E-state index in [1.165, 1.54) is 0 Å². The van der Waals surface area contributed by atoms with Crippen LogP contribution in [0.25, 0.3) is 0 Å². The van der Waals surface area contributed by atoms with Crippen molar-refractivity contribution >= 4 is 5.91 Å². The van der Waals surface area contributed by atoms with E-state index in [1.807, 2.05) is 13.8 Å². The van der Waals surface area contributed by atoms with Gasteiger partial charge in [0.05, 0.1) is 13.2 Å². The molecule has 1 aromatic carbocycles. The van der Waals surface area contributed by atoms with Crippen LogP contribution < -0.4 is 14.8 Å². The number of ether oxygens (including phenoxy) is 2. The first-order valence-corrected chi connectivity index (χ1v) is 6.51. The van der Waals surface area contributed by atoms with Crippen molar-refractivity contribution in [2.45, 2.75) is 20.3 Å². The molecule has 19 heavy (non-hydrogen) atoms. The van der Waals surface area contributed by atoms with Crippen LogP contribution in [-0.4, -0.2) is 37.4 Å². The molecule has 0 radical (unpaired) electrons. The minimum absolute atomic E-state index is 0.0632. The Morgan fingerprint density at radius 1 is 1.21 bits per heavy atom. The van der Waals surface area contributed by atoms with Crippen LogP contribution in [0.15, 0.2) is 18.2 Å². The second-order valence-corrected chi connectivity index (χ2v) is 3.86. The fraction of sp³-hybridized carbons (Fsp3) is 0.500. The van der Waals surface area contributed by atoms with Gasteiger partial charge >= 0.3 is 0 Å². The minimum Gasteiger partial charge on any atom is -0.490 e. The fourth-order valence-corrected chi connectivity index (χ4v) is 1.58. The number of amides is 1. The maximum Gasteiger partial charge on any atom is 0.251 e. The van der Waals surface area contributed by atoms with Gasteiger partial charge in [0.25, 0.3) is 5.91 Å². The summed E-state index contributed by atoms with van der Waals surface area (Å²) in [5, 5.41) is 11.4. The molecule has 0 saturated heterocycles. The molecule has 5 nitrogen and oxygen atoms in total. The van der Waals surface area contributed by atoms with Crippen molar-refractivity contribution in [3.05, 3.63) is 23.8 Å². The maximum absolute atomic E-state index is 11.9. The highest BCUT2D eigenvalue weighted by Crippen LogP contribution is 2.28. The Kier molecular flexibility index (Phi) is 6.74. The SMILES string of the molecule is CCOc1ccc(C(=O)NCCCO)cc1OCC. The molecule has 0 unspecified atom stereocenters. The summed E-state index contributed by atoms with van der Waals surface area (Å²) in [5.41, 5.74) is 0.518. The molecule has 0 aliphatic rings. The van der Waals surface area contributed by atoms with Gasteiger partial charge in [-0.25, -0.2) is 0 Å². The third-order valence-electron chi connectivity index (χ3n) is 2.43. The number of hydrogen-bond acceptors (Lipinski definition) is 4. The summed E-state index contributed by atoms with van der Waals surface area (Å²) in [4.78, 5) is 11.9. The standard InChI is InChI=1S/C14H21NO4/c1-3-18-12-7-6-11(10-13(12)19-4-2)14(17)15-8-5-9-16/h6-7,10,16H,3-5,8-9H2,1-2H3,(H,15,17). The summed E-state index contributed by atoms with van der Waals surface area (Å²) in [5.74, 6) is 1.02. The van der Waals surface area contributed by atoms with Crippen molar-refractivity contribution in [2.24, 2.45) is 0 Å². The second-order valence-electron chi connectivity index (χ2n) is 3.86. The summed E-state index contributed by atoms with van der Waals surface area (Å²) in [6.45, 7) is 5.34. The largest absolute Gasteiger partial charge is 0.490 e. The average Bonchev–Trinajstić information content (AvgIpc) is 2.41. The molecule has 0 heterocycles. The van der Waals surface area contributed by atoms with Crippen molar-refractivity contribution in [3.63, 3.8) is 0 Å². The molecule has 0 saturated carbocycles. The molecule has 1 rings (SSSR count). The Morgan fingerprint density at radius 2 is 1.89 bits per heavy atom. The lowest BCUT2D eigenvalue weighted by atomic mass is 10.2. The Labute approximate surface area is 113 Å². The third-order valence-corrected chi connectivity index (χ3v) is 2.43. The first-order valence-electron chi connectivity index (χ1n) is 6.51. The number of carbonyl (C=O) groups is 1. The minimum atomic E-state index is -0.183. The van der Waals surface area contributed by atoms with E-state index in [0.717, 1.165) is 0 Å². The van der Waals surface area contributed by atoms with Crippen LogP contribution in [-0.2, 0) is 0 Å². The Balaban J connectivity index is 2.78. The van der Waals surface area contributed by atoms with Gasteiger partial charge in [-0.1, -0.05) is 0 Å². The molecule has 106 valence electrons. The Morgan fingerprint density at radius 3 is 2.53 bits per heavy atom. The van der Waals surface area contributed by atoms with Crippen LogP contribution in [0.1, 0.15) is 30.6 Å². The predicted molar refractivity (Wildman–Crippen MR) is 72.8 cm³/mol. The van der Waals surface area contributed by atoms with E-state index >= 15 is 0 Å². The first kappa shape index (κ1) is 15.3. The number of nitrogens with one attached hydrogen (secondary N) is 1. The second kappa shape index (κ2) is 8.37. The highest BCUT2D eigenvalue weighted by atomic mass is 16.5. The van der Waals surface area contributed by atoms with Gasteiger partial charge in [-0.2, -0.15) is 0 Å². The van der Waals surface area contributed by atoms with Crippen molar-refractivity contribution < 1.29 is 19.4 Å². The quantitative estimate of drug-likeness (QED) is 0.702. The van der Waals surface area contributed by atoms with E-state index in [2.05, 4.69) is 5.32 Å². The van der Waals surface area contributed by atoms with Crippen molar-refractivity contribution in [1.29, 1.82) is 0 Å². The lowest BCUT2D eigenvalue weighted by molar-refractivity contribution is 0.0950. The van der Waals surface area contributed by atoms with Crippen molar-refractivity contribution in [1.82, 2.24) is 5.32 Å². The van der Waals surface area contributed by atoms with Gasteiger partial charge in [0.2, 0.25) is 0 Å². The average molecular weight is 267 g/mol. The molecule has 0 bridgehead atoms. The normalized spacial score (nSPS) is 10.1. The van der Waals surface area contributed by atoms with Gasteiger partial charge < -0.3 is 19.9 Å². The van der Waals surface area contributed by atoms with Crippen molar-refractivity contribution in [2.75, 3.05) is 26.4 Å². The summed E-state index contributed by atoms with van der Waals surface area (Å²) in [7, 11) is 0. The van der Waals surface area contributed by atoms with Gasteiger partial charge in [-0.15, -0.1) is 0 Å². The van der Waals surface area contributed by atoms with Crippen LogP contribution in [0.5, 0.6) is 11.5 Å². The van der Waals surface area contributed by atoms with Crippen LogP contribution in [0, 0.1) is 0 Å². The van der Waals surface area contributed by atoms with E-state index in [1.54, 1.807) is 18.2 Å². The molecular weight excluding hydrogens is 246 g/mol. The van der Waals surface area contributed by atoms with Gasteiger partial charge in [0.15, 0.2) is 11.5 Å². The molecule has 0 aliphatic carbocycles. The zero-order valence-corrected chi connectivity index (χ0v) is 11.4. The summed E-state index contributed by atoms with van der Waals surface area (Å²) < 4.78 is 10.9. The van der Waals surface area contributed by atoms with Crippen molar-refractivity contribution in [3.8, 4) is 11.5 Å². The molecule has 0 fully saturated rings. The number of carbonyl (C=O) groups excluding carboxylic acids is 1. The molecule has 1 aromatic rings. The summed E-state index contributed by atoms with van der Waals surface area (Å²) >= 11 is 0. The number of rotatable bonds is 8. The number of benzene rings is 1. The van der Waals surface area contributed by atoms with Crippen LogP contribution in [0.2, 0.25) is 0 Å². The highest BCUT2D eigenvalue weighted by molar-refractivity contribution is 5.94. The smallest absolute Gasteiger partial charge is 0.251 e. The Bertz CT molecular complexity index is 406. The number of aliphatic hydroxyl groups excluding tert-OH is 1. The van der Waals surface area contributed by atoms with Crippen LogP contribution in [0.3, 0.4) is 0 Å². The first-order chi connectivity index (χ1) is 9.22. The molecule has 1 amide bonds. The zero-order chi connectivity index (χ0) is 14.1. The fourth-order valence-electron chi connectivity index (χ4n) is 1.58. The zero-order valence-electron chi connectivity index (χ0n) is 11.4. The molecule has 0 aromatic heterocycles. The highest BCUT2D eigenvalue weighted by Gasteiger charge is 2.10. The topological polar surface area (TPSA) is 67.8 Å². The Hall–Kier alpha value is -1.75. The molecule has 5 heteroatoms. The van der Waals surface area contributed by atoms with Gasteiger partial charge in [-0.3, -0.25) is 4.79 Å². The third kappa shape index (κ3) is 4.79. The monoisotopic (exact) mass is 267 g/mol. The maximum atomic E-state index is 11.9. The molecular formula is C14H21NO4. The van der Waals surface area contributed by atoms with Gasteiger partial charge in [0.1, 0.15) is 0 Å². The summed E-state index contributed by atoms with van der Waals surface area (Å²) in [6, 6.07) is 5.10. The molecule has 0 spiro atoms. The van der Waals surface area contributed by atoms with Gasteiger partial charge in [-0.05, 0) is 38.5 Å². The van der Waals surface area contributed by atoms with E-state index < -0.39 is 0 Å². The molecule has 0 aliphatic heterocycles. The number of hydrogen-bond donors (Lipinski definition) is 2. The van der Waals surface area contributed by atoms with E-state index in [4.69, 9.17) is 14.6 Å². The predicted octanol–water partition coefficient (Wildman–Crippen LogP) is 1.60. The number of aliphatic hydroxyl groups is 1. The lowest BCUT2D eigenvalue weighted by Gasteiger charge is -2.12. The molecule has 2 N–H and O–H groups in total. The van der Waals surface area contributed by atoms with E-state index in [-0.39, 0.29) is 12.5 Å². The lowest BCUT2D eigenvalue weighted by Crippen LogP contribution is -2.25. The van der Waals surface area contributed by atoms with E-state index in [0.29, 0.717) is 43.2 Å².